The van der Waals surface area contributed by atoms with E-state index in [1.54, 1.807) is 6.08 Å². The van der Waals surface area contributed by atoms with Gasteiger partial charge >= 0.3 is 0 Å². The Morgan fingerprint density at radius 3 is 3.14 bits per heavy atom. The molecule has 0 spiro atoms. The van der Waals surface area contributed by atoms with E-state index in [0.717, 1.165) is 48.3 Å². The Morgan fingerprint density at radius 1 is 1.57 bits per heavy atom. The fourth-order valence-electron chi connectivity index (χ4n) is 1.91. The van der Waals surface area contributed by atoms with Gasteiger partial charge in [0, 0.05) is 17.0 Å². The number of rotatable bonds is 2. The molecule has 1 aromatic rings. The highest BCUT2D eigenvalue weighted by atomic mass is 16.1. The number of aromatic nitrogens is 1. The van der Waals surface area contributed by atoms with Crippen molar-refractivity contribution in [1.29, 1.82) is 0 Å². The lowest BCUT2D eigenvalue weighted by atomic mass is 10.1. The Balaban J connectivity index is 2.56. The van der Waals surface area contributed by atoms with Crippen molar-refractivity contribution in [3.63, 3.8) is 0 Å². The smallest absolute Gasteiger partial charge is 0.240 e. The van der Waals surface area contributed by atoms with Crippen LogP contribution < -0.4 is 0 Å². The SMILES string of the molecule is CCc1cc(N=C=O)c2c(n1)CCC2. The summed E-state index contributed by atoms with van der Waals surface area (Å²) in [6.07, 6.45) is 5.63. The molecular formula is C11H12N2O. The Labute approximate surface area is 82.9 Å². The standard InChI is InChI=1S/C11H12N2O/c1-2-8-6-11(12-7-14)9-4-3-5-10(9)13-8/h6H,2-5H2,1H3. The summed E-state index contributed by atoms with van der Waals surface area (Å²) in [7, 11) is 0. The van der Waals surface area contributed by atoms with Gasteiger partial charge in [-0.05, 0) is 31.7 Å². The van der Waals surface area contributed by atoms with E-state index in [0.29, 0.717) is 0 Å². The number of hydrogen-bond donors (Lipinski definition) is 0. The summed E-state index contributed by atoms with van der Waals surface area (Å²) in [5.41, 5.74) is 4.06. The van der Waals surface area contributed by atoms with Crippen LogP contribution in [-0.2, 0) is 24.1 Å². The second-order valence-electron chi connectivity index (χ2n) is 3.47. The molecule has 0 aliphatic heterocycles. The molecule has 0 saturated heterocycles. The van der Waals surface area contributed by atoms with E-state index in [4.69, 9.17) is 0 Å². The van der Waals surface area contributed by atoms with Gasteiger partial charge in [0.15, 0.2) is 0 Å². The number of pyridine rings is 1. The zero-order chi connectivity index (χ0) is 9.97. The molecule has 0 radical (unpaired) electrons. The molecule has 14 heavy (non-hydrogen) atoms. The number of aryl methyl sites for hydroxylation is 2. The lowest BCUT2D eigenvalue weighted by molar-refractivity contribution is 0.565. The maximum Gasteiger partial charge on any atom is 0.240 e. The maximum atomic E-state index is 10.3. The third-order valence-corrected chi connectivity index (χ3v) is 2.61. The summed E-state index contributed by atoms with van der Waals surface area (Å²) in [6, 6.07) is 1.90. The van der Waals surface area contributed by atoms with Crippen LogP contribution in [0.5, 0.6) is 0 Å². The van der Waals surface area contributed by atoms with E-state index >= 15 is 0 Å². The molecule has 3 heteroatoms. The van der Waals surface area contributed by atoms with Crippen LogP contribution in [0.2, 0.25) is 0 Å². The fraction of sp³-hybridized carbons (Fsp3) is 0.455. The lowest BCUT2D eigenvalue weighted by Gasteiger charge is -2.04. The van der Waals surface area contributed by atoms with Gasteiger partial charge in [0.2, 0.25) is 6.08 Å². The van der Waals surface area contributed by atoms with Crippen LogP contribution in [0.3, 0.4) is 0 Å². The molecule has 0 N–H and O–H groups in total. The van der Waals surface area contributed by atoms with E-state index in [1.165, 1.54) is 0 Å². The van der Waals surface area contributed by atoms with Crippen molar-refractivity contribution in [2.45, 2.75) is 32.6 Å². The topological polar surface area (TPSA) is 42.3 Å². The van der Waals surface area contributed by atoms with Crippen LogP contribution in [0.4, 0.5) is 5.69 Å². The zero-order valence-corrected chi connectivity index (χ0v) is 8.21. The lowest BCUT2D eigenvalue weighted by Crippen LogP contribution is -1.94. The molecule has 0 atom stereocenters. The van der Waals surface area contributed by atoms with Crippen LogP contribution in [0.25, 0.3) is 0 Å². The molecule has 0 fully saturated rings. The number of fused-ring (bicyclic) bond motifs is 1. The van der Waals surface area contributed by atoms with Gasteiger partial charge < -0.3 is 0 Å². The third-order valence-electron chi connectivity index (χ3n) is 2.61. The van der Waals surface area contributed by atoms with E-state index in [2.05, 4.69) is 16.9 Å². The Kier molecular flexibility index (Phi) is 2.42. The van der Waals surface area contributed by atoms with Crippen LogP contribution >= 0.6 is 0 Å². The highest BCUT2D eigenvalue weighted by Crippen LogP contribution is 2.30. The van der Waals surface area contributed by atoms with E-state index in [9.17, 15) is 4.79 Å². The normalized spacial score (nSPS) is 13.5. The fourth-order valence-corrected chi connectivity index (χ4v) is 1.91. The highest BCUT2D eigenvalue weighted by molar-refractivity contribution is 5.56. The van der Waals surface area contributed by atoms with E-state index < -0.39 is 0 Å². The Hall–Kier alpha value is -1.47. The number of isocyanates is 1. The molecular weight excluding hydrogens is 176 g/mol. The van der Waals surface area contributed by atoms with Crippen LogP contribution in [0, 0.1) is 0 Å². The van der Waals surface area contributed by atoms with Crippen molar-refractivity contribution in [1.82, 2.24) is 4.98 Å². The highest BCUT2D eigenvalue weighted by Gasteiger charge is 2.17. The molecule has 0 saturated carbocycles. The Bertz CT molecular complexity index is 406. The summed E-state index contributed by atoms with van der Waals surface area (Å²) in [6.45, 7) is 2.05. The summed E-state index contributed by atoms with van der Waals surface area (Å²) >= 11 is 0. The predicted molar refractivity (Wildman–Crippen MR) is 53.4 cm³/mol. The first kappa shape index (κ1) is 9.10. The average molecular weight is 188 g/mol. The quantitative estimate of drug-likeness (QED) is 0.527. The number of hydrogen-bond acceptors (Lipinski definition) is 3. The van der Waals surface area contributed by atoms with Gasteiger partial charge in [0.25, 0.3) is 0 Å². The summed E-state index contributed by atoms with van der Waals surface area (Å²) in [5.74, 6) is 0. The summed E-state index contributed by atoms with van der Waals surface area (Å²) in [5, 5.41) is 0. The minimum absolute atomic E-state index is 0.777. The first-order valence-electron chi connectivity index (χ1n) is 4.94. The van der Waals surface area contributed by atoms with Gasteiger partial charge in [0.1, 0.15) is 0 Å². The minimum atomic E-state index is 0.777. The predicted octanol–water partition coefficient (Wildman–Crippen LogP) is 2.10. The molecule has 1 aliphatic carbocycles. The van der Waals surface area contributed by atoms with E-state index in [1.807, 2.05) is 6.07 Å². The summed E-state index contributed by atoms with van der Waals surface area (Å²) < 4.78 is 0. The van der Waals surface area contributed by atoms with Gasteiger partial charge in [-0.2, -0.15) is 4.99 Å². The van der Waals surface area contributed by atoms with Crippen molar-refractivity contribution in [3.8, 4) is 0 Å². The molecule has 0 unspecified atom stereocenters. The molecule has 0 amide bonds. The third kappa shape index (κ3) is 1.47. The Morgan fingerprint density at radius 2 is 2.43 bits per heavy atom. The molecule has 1 aromatic heterocycles. The van der Waals surface area contributed by atoms with Gasteiger partial charge in [0.05, 0.1) is 5.69 Å². The molecule has 3 nitrogen and oxygen atoms in total. The largest absolute Gasteiger partial charge is 0.257 e. The molecule has 0 bridgehead atoms. The van der Waals surface area contributed by atoms with Crippen molar-refractivity contribution in [3.05, 3.63) is 23.0 Å². The summed E-state index contributed by atoms with van der Waals surface area (Å²) in [4.78, 5) is 18.5. The van der Waals surface area contributed by atoms with Crippen molar-refractivity contribution >= 4 is 11.8 Å². The van der Waals surface area contributed by atoms with Crippen molar-refractivity contribution < 1.29 is 4.79 Å². The molecule has 1 heterocycles. The molecule has 0 aromatic carbocycles. The van der Waals surface area contributed by atoms with Gasteiger partial charge in [-0.1, -0.05) is 6.92 Å². The van der Waals surface area contributed by atoms with Gasteiger partial charge in [-0.25, -0.2) is 4.79 Å². The number of aliphatic imine (C=N–C) groups is 1. The van der Waals surface area contributed by atoms with Crippen molar-refractivity contribution in [2.24, 2.45) is 4.99 Å². The monoisotopic (exact) mass is 188 g/mol. The van der Waals surface area contributed by atoms with Crippen LogP contribution in [0.1, 0.15) is 30.3 Å². The van der Waals surface area contributed by atoms with E-state index in [-0.39, 0.29) is 0 Å². The second-order valence-corrected chi connectivity index (χ2v) is 3.47. The molecule has 1 aliphatic rings. The first-order chi connectivity index (χ1) is 6.85. The van der Waals surface area contributed by atoms with Crippen molar-refractivity contribution in [2.75, 3.05) is 0 Å². The second kappa shape index (κ2) is 3.72. The average Bonchev–Trinajstić information content (AvgIpc) is 2.66. The van der Waals surface area contributed by atoms with Gasteiger partial charge in [-0.15, -0.1) is 0 Å². The van der Waals surface area contributed by atoms with Crippen LogP contribution in [0.15, 0.2) is 11.1 Å². The molecule has 2 rings (SSSR count). The minimum Gasteiger partial charge on any atom is -0.257 e. The van der Waals surface area contributed by atoms with Gasteiger partial charge in [-0.3, -0.25) is 4.98 Å². The first-order valence-corrected chi connectivity index (χ1v) is 4.94. The maximum absolute atomic E-state index is 10.3. The number of nitrogens with zero attached hydrogens (tertiary/aromatic N) is 2. The van der Waals surface area contributed by atoms with Crippen LogP contribution in [-0.4, -0.2) is 11.1 Å². The number of carbonyl (C=O) groups excluding carboxylic acids is 1. The molecule has 72 valence electrons. The zero-order valence-electron chi connectivity index (χ0n) is 8.21.